The van der Waals surface area contributed by atoms with Gasteiger partial charge in [-0.1, -0.05) is 53.2 Å². The zero-order valence-corrected chi connectivity index (χ0v) is 13.0. The van der Waals surface area contributed by atoms with Gasteiger partial charge in [-0.05, 0) is 19.3 Å². The van der Waals surface area contributed by atoms with E-state index in [1.165, 1.54) is 5.57 Å². The van der Waals surface area contributed by atoms with Crippen LogP contribution in [-0.2, 0) is 9.47 Å². The number of methoxy groups -OCH3 is 1. The molecule has 2 nitrogen and oxygen atoms in total. The Hall–Kier alpha value is -0.340. The fourth-order valence-corrected chi connectivity index (χ4v) is 1.54. The molecule has 0 rings (SSSR count). The molecule has 0 bridgehead atoms. The Labute approximate surface area is 107 Å². The van der Waals surface area contributed by atoms with Crippen molar-refractivity contribution in [2.45, 2.75) is 67.8 Å². The van der Waals surface area contributed by atoms with Crippen LogP contribution >= 0.6 is 0 Å². The first-order valence-corrected chi connectivity index (χ1v) is 6.31. The number of hydrogen-bond acceptors (Lipinski definition) is 2. The van der Waals surface area contributed by atoms with E-state index in [1.807, 2.05) is 0 Å². The van der Waals surface area contributed by atoms with Crippen molar-refractivity contribution in [1.29, 1.82) is 0 Å². The summed E-state index contributed by atoms with van der Waals surface area (Å²) in [6.45, 7) is 17.1. The summed E-state index contributed by atoms with van der Waals surface area (Å²) in [4.78, 5) is 0. The van der Waals surface area contributed by atoms with E-state index in [0.717, 1.165) is 0 Å². The summed E-state index contributed by atoms with van der Waals surface area (Å²) in [6, 6.07) is 0. The van der Waals surface area contributed by atoms with Crippen LogP contribution in [0.4, 0.5) is 0 Å². The SMILES string of the molecule is COC(OC(C=C(C)C)C(C)(C)C)C(C)(C)C. The molecular formula is C15H30O2. The van der Waals surface area contributed by atoms with Gasteiger partial charge in [0, 0.05) is 12.5 Å². The summed E-state index contributed by atoms with van der Waals surface area (Å²) in [5, 5.41) is 0. The molecule has 0 aliphatic rings. The Kier molecular flexibility index (Phi) is 5.89. The van der Waals surface area contributed by atoms with Crippen LogP contribution in [0.3, 0.4) is 0 Å². The first kappa shape index (κ1) is 16.7. The van der Waals surface area contributed by atoms with Crippen molar-refractivity contribution in [3.05, 3.63) is 11.6 Å². The predicted molar refractivity (Wildman–Crippen MR) is 74.0 cm³/mol. The van der Waals surface area contributed by atoms with Crippen LogP contribution in [0.25, 0.3) is 0 Å². The zero-order chi connectivity index (χ0) is 13.9. The first-order valence-electron chi connectivity index (χ1n) is 6.31. The molecular weight excluding hydrogens is 212 g/mol. The molecule has 0 saturated heterocycles. The molecule has 2 atom stereocenters. The van der Waals surface area contributed by atoms with Gasteiger partial charge < -0.3 is 9.47 Å². The molecule has 0 radical (unpaired) electrons. The Morgan fingerprint density at radius 2 is 1.41 bits per heavy atom. The molecule has 0 amide bonds. The van der Waals surface area contributed by atoms with E-state index in [-0.39, 0.29) is 23.2 Å². The maximum Gasteiger partial charge on any atom is 0.162 e. The largest absolute Gasteiger partial charge is 0.355 e. The van der Waals surface area contributed by atoms with Crippen LogP contribution in [0.1, 0.15) is 55.4 Å². The Morgan fingerprint density at radius 3 is 1.65 bits per heavy atom. The van der Waals surface area contributed by atoms with Crippen molar-refractivity contribution in [2.75, 3.05) is 7.11 Å². The van der Waals surface area contributed by atoms with Gasteiger partial charge in [0.2, 0.25) is 0 Å². The Bertz CT molecular complexity index is 249. The molecule has 17 heavy (non-hydrogen) atoms. The molecule has 0 aromatic carbocycles. The summed E-state index contributed by atoms with van der Waals surface area (Å²) in [6.07, 6.45) is 2.05. The molecule has 0 spiro atoms. The van der Waals surface area contributed by atoms with Gasteiger partial charge in [-0.25, -0.2) is 0 Å². The zero-order valence-electron chi connectivity index (χ0n) is 13.0. The van der Waals surface area contributed by atoms with Crippen molar-refractivity contribution in [3.8, 4) is 0 Å². The Balaban J connectivity index is 4.93. The van der Waals surface area contributed by atoms with Crippen molar-refractivity contribution in [1.82, 2.24) is 0 Å². The maximum absolute atomic E-state index is 6.14. The van der Waals surface area contributed by atoms with Crippen LogP contribution < -0.4 is 0 Å². The molecule has 0 aliphatic heterocycles. The fraction of sp³-hybridized carbons (Fsp3) is 0.867. The van der Waals surface area contributed by atoms with Crippen molar-refractivity contribution in [3.63, 3.8) is 0 Å². The van der Waals surface area contributed by atoms with Gasteiger partial charge in [-0.2, -0.15) is 0 Å². The fourth-order valence-electron chi connectivity index (χ4n) is 1.54. The summed E-state index contributed by atoms with van der Waals surface area (Å²) in [7, 11) is 1.71. The lowest BCUT2D eigenvalue weighted by Crippen LogP contribution is -2.39. The molecule has 0 aliphatic carbocycles. The van der Waals surface area contributed by atoms with Crippen molar-refractivity contribution < 1.29 is 9.47 Å². The molecule has 102 valence electrons. The average Bonchev–Trinajstić information content (AvgIpc) is 2.07. The molecule has 2 unspecified atom stereocenters. The van der Waals surface area contributed by atoms with E-state index >= 15 is 0 Å². The topological polar surface area (TPSA) is 18.5 Å². The van der Waals surface area contributed by atoms with Gasteiger partial charge in [0.25, 0.3) is 0 Å². The number of hydrogen-bond donors (Lipinski definition) is 0. The van der Waals surface area contributed by atoms with E-state index < -0.39 is 0 Å². The third-order valence-corrected chi connectivity index (χ3v) is 2.53. The van der Waals surface area contributed by atoms with Crippen LogP contribution in [-0.4, -0.2) is 19.5 Å². The molecule has 2 heteroatoms. The number of allylic oxidation sites excluding steroid dienone is 1. The minimum absolute atomic E-state index is 0.0201. The molecule has 0 N–H and O–H groups in total. The summed E-state index contributed by atoms with van der Waals surface area (Å²) in [5.74, 6) is 0. The minimum atomic E-state index is -0.192. The third kappa shape index (κ3) is 6.23. The van der Waals surface area contributed by atoms with E-state index in [1.54, 1.807) is 7.11 Å². The second kappa shape index (κ2) is 6.01. The molecule has 0 heterocycles. The first-order chi connectivity index (χ1) is 7.48. The summed E-state index contributed by atoms with van der Waals surface area (Å²) >= 11 is 0. The van der Waals surface area contributed by atoms with Crippen LogP contribution in [0.5, 0.6) is 0 Å². The molecule has 0 aromatic heterocycles. The molecule has 0 aromatic rings. The minimum Gasteiger partial charge on any atom is -0.355 e. The highest BCUT2D eigenvalue weighted by Gasteiger charge is 2.32. The second-order valence-electron chi connectivity index (χ2n) is 7.10. The molecule has 0 fully saturated rings. The molecule has 0 saturated carbocycles. The lowest BCUT2D eigenvalue weighted by Gasteiger charge is -2.37. The monoisotopic (exact) mass is 242 g/mol. The Morgan fingerprint density at radius 1 is 0.941 bits per heavy atom. The smallest absolute Gasteiger partial charge is 0.162 e. The van der Waals surface area contributed by atoms with Crippen molar-refractivity contribution >= 4 is 0 Å². The summed E-state index contributed by atoms with van der Waals surface area (Å²) in [5.41, 5.74) is 1.32. The van der Waals surface area contributed by atoms with Gasteiger partial charge in [0.05, 0.1) is 6.10 Å². The third-order valence-electron chi connectivity index (χ3n) is 2.53. The average molecular weight is 242 g/mol. The van der Waals surface area contributed by atoms with Gasteiger partial charge >= 0.3 is 0 Å². The van der Waals surface area contributed by atoms with Gasteiger partial charge in [-0.15, -0.1) is 0 Å². The van der Waals surface area contributed by atoms with E-state index in [2.05, 4.69) is 61.5 Å². The normalized spacial score (nSPS) is 16.5. The van der Waals surface area contributed by atoms with Crippen LogP contribution in [0.15, 0.2) is 11.6 Å². The van der Waals surface area contributed by atoms with Gasteiger partial charge in [0.1, 0.15) is 0 Å². The van der Waals surface area contributed by atoms with Gasteiger partial charge in [-0.3, -0.25) is 0 Å². The predicted octanol–water partition coefficient (Wildman–Crippen LogP) is 4.40. The standard InChI is InChI=1S/C15H30O2/c1-11(2)10-12(14(3,4)5)17-13(16-9)15(6,7)8/h10,12-13H,1-9H3. The second-order valence-corrected chi connectivity index (χ2v) is 7.10. The number of rotatable bonds is 4. The number of ether oxygens (including phenoxy) is 2. The highest BCUT2D eigenvalue weighted by molar-refractivity contribution is 5.02. The van der Waals surface area contributed by atoms with Crippen molar-refractivity contribution in [2.24, 2.45) is 10.8 Å². The van der Waals surface area contributed by atoms with Crippen LogP contribution in [0.2, 0.25) is 0 Å². The highest BCUT2D eigenvalue weighted by atomic mass is 16.7. The lowest BCUT2D eigenvalue weighted by molar-refractivity contribution is -0.211. The van der Waals surface area contributed by atoms with Crippen LogP contribution in [0, 0.1) is 10.8 Å². The maximum atomic E-state index is 6.14. The van der Waals surface area contributed by atoms with E-state index in [9.17, 15) is 0 Å². The lowest BCUT2D eigenvalue weighted by atomic mass is 9.87. The highest BCUT2D eigenvalue weighted by Crippen LogP contribution is 2.31. The van der Waals surface area contributed by atoms with E-state index in [0.29, 0.717) is 0 Å². The van der Waals surface area contributed by atoms with E-state index in [4.69, 9.17) is 9.47 Å². The quantitative estimate of drug-likeness (QED) is 0.537. The summed E-state index contributed by atoms with van der Waals surface area (Å²) < 4.78 is 11.6. The van der Waals surface area contributed by atoms with Gasteiger partial charge in [0.15, 0.2) is 6.29 Å².